The van der Waals surface area contributed by atoms with Crippen LogP contribution in [0.5, 0.6) is 11.5 Å². The minimum Gasteiger partial charge on any atom is -0.504 e. The van der Waals surface area contributed by atoms with E-state index >= 15 is 0 Å². The molecule has 4 rings (SSSR count). The Balaban J connectivity index is 1.92. The first kappa shape index (κ1) is 17.5. The molecule has 6 nitrogen and oxygen atoms in total. The van der Waals surface area contributed by atoms with E-state index in [9.17, 15) is 15.0 Å². The summed E-state index contributed by atoms with van der Waals surface area (Å²) >= 11 is 1.53. The van der Waals surface area contributed by atoms with Crippen LogP contribution in [0.15, 0.2) is 63.6 Å². The van der Waals surface area contributed by atoms with Crippen molar-refractivity contribution in [1.29, 1.82) is 0 Å². The second kappa shape index (κ2) is 6.66. The van der Waals surface area contributed by atoms with Gasteiger partial charge in [0, 0.05) is 4.90 Å². The Morgan fingerprint density at radius 2 is 2.00 bits per heavy atom. The van der Waals surface area contributed by atoms with E-state index in [0.717, 1.165) is 15.8 Å². The predicted octanol–water partition coefficient (Wildman–Crippen LogP) is 3.96. The largest absolute Gasteiger partial charge is 0.504 e. The number of thioether (sulfide) groups is 1. The maximum absolute atomic E-state index is 12.7. The first-order valence-electron chi connectivity index (χ1n) is 8.55. The number of amidine groups is 1. The van der Waals surface area contributed by atoms with Crippen molar-refractivity contribution >= 4 is 28.6 Å². The number of phenols is 2. The molecular formula is C20H18N2O4S. The van der Waals surface area contributed by atoms with Gasteiger partial charge in [-0.1, -0.05) is 18.2 Å². The molecule has 2 aliphatic heterocycles. The molecule has 2 aromatic rings. The maximum Gasteiger partial charge on any atom is 0.338 e. The molecule has 1 unspecified atom stereocenters. The molecule has 2 aliphatic rings. The van der Waals surface area contributed by atoms with Gasteiger partial charge in [0.15, 0.2) is 16.7 Å². The first-order valence-corrected chi connectivity index (χ1v) is 9.37. The number of anilines is 1. The molecule has 27 heavy (non-hydrogen) atoms. The predicted molar refractivity (Wildman–Crippen MR) is 104 cm³/mol. The number of rotatable bonds is 3. The highest BCUT2D eigenvalue weighted by molar-refractivity contribution is 8.14. The SMILES string of the molecule is CCOC(=O)C1=C(C)N=C2Sc3ccccc3N2C1c1ccc(O)c(O)c1. The van der Waals surface area contributed by atoms with Crippen LogP contribution in [-0.4, -0.2) is 28.0 Å². The number of benzene rings is 2. The summed E-state index contributed by atoms with van der Waals surface area (Å²) in [6, 6.07) is 11.9. The Labute approximate surface area is 160 Å². The van der Waals surface area contributed by atoms with Crippen molar-refractivity contribution in [1.82, 2.24) is 0 Å². The van der Waals surface area contributed by atoms with Gasteiger partial charge in [0.2, 0.25) is 0 Å². The third-order valence-electron chi connectivity index (χ3n) is 4.53. The zero-order valence-electron chi connectivity index (χ0n) is 14.8. The molecule has 0 bridgehead atoms. The van der Waals surface area contributed by atoms with Crippen molar-refractivity contribution in [3.05, 3.63) is 59.3 Å². The number of fused-ring (bicyclic) bond motifs is 3. The number of nitrogens with zero attached hydrogens (tertiary/aromatic N) is 2. The topological polar surface area (TPSA) is 82.4 Å². The summed E-state index contributed by atoms with van der Waals surface area (Å²) in [5.41, 5.74) is 2.60. The molecule has 0 fully saturated rings. The highest BCUT2D eigenvalue weighted by Crippen LogP contribution is 2.50. The Hall–Kier alpha value is -2.93. The summed E-state index contributed by atoms with van der Waals surface area (Å²) in [6.07, 6.45) is 0. The number of carbonyl (C=O) groups is 1. The molecule has 0 aliphatic carbocycles. The Bertz CT molecular complexity index is 999. The summed E-state index contributed by atoms with van der Waals surface area (Å²) in [5.74, 6) is -0.889. The Kier molecular flexibility index (Phi) is 4.31. The van der Waals surface area contributed by atoms with Gasteiger partial charge in [-0.2, -0.15) is 0 Å². The van der Waals surface area contributed by atoms with Crippen molar-refractivity contribution in [2.24, 2.45) is 4.99 Å². The fourth-order valence-corrected chi connectivity index (χ4v) is 4.44. The molecule has 7 heteroatoms. The van der Waals surface area contributed by atoms with Crippen molar-refractivity contribution in [2.75, 3.05) is 11.5 Å². The molecule has 0 saturated heterocycles. The number of hydrogen-bond acceptors (Lipinski definition) is 7. The van der Waals surface area contributed by atoms with E-state index in [2.05, 4.69) is 4.99 Å². The molecule has 138 valence electrons. The standard InChI is InChI=1S/C20H18N2O4S/c1-3-26-19(25)17-11(2)21-20-22(13-6-4-5-7-16(13)27-20)18(17)12-8-9-14(23)15(24)10-12/h4-10,18,23-24H,3H2,1-2H3. The molecule has 1 atom stereocenters. The zero-order valence-corrected chi connectivity index (χ0v) is 15.7. The lowest BCUT2D eigenvalue weighted by atomic mass is 9.93. The molecule has 0 radical (unpaired) electrons. The average Bonchev–Trinajstić information content (AvgIpc) is 3.00. The van der Waals surface area contributed by atoms with Crippen molar-refractivity contribution in [3.8, 4) is 11.5 Å². The second-order valence-corrected chi connectivity index (χ2v) is 7.21. The van der Waals surface area contributed by atoms with Gasteiger partial charge in [-0.15, -0.1) is 0 Å². The third-order valence-corrected chi connectivity index (χ3v) is 5.56. The molecule has 0 aromatic heterocycles. The van der Waals surface area contributed by atoms with Crippen molar-refractivity contribution < 1.29 is 19.7 Å². The highest BCUT2D eigenvalue weighted by atomic mass is 32.2. The fraction of sp³-hybridized carbons (Fsp3) is 0.200. The molecule has 2 aromatic carbocycles. The van der Waals surface area contributed by atoms with E-state index in [1.807, 2.05) is 29.2 Å². The minimum atomic E-state index is -0.515. The summed E-state index contributed by atoms with van der Waals surface area (Å²) in [7, 11) is 0. The van der Waals surface area contributed by atoms with Gasteiger partial charge in [0.05, 0.1) is 29.6 Å². The Morgan fingerprint density at radius 1 is 1.22 bits per heavy atom. The number of hydrogen-bond donors (Lipinski definition) is 2. The smallest absolute Gasteiger partial charge is 0.338 e. The van der Waals surface area contributed by atoms with Gasteiger partial charge < -0.3 is 19.8 Å². The lowest BCUT2D eigenvalue weighted by Crippen LogP contribution is -2.37. The zero-order chi connectivity index (χ0) is 19.1. The third kappa shape index (κ3) is 2.84. The normalized spacial score (nSPS) is 18.1. The van der Waals surface area contributed by atoms with E-state index in [1.54, 1.807) is 19.9 Å². The van der Waals surface area contributed by atoms with Crippen LogP contribution in [-0.2, 0) is 9.53 Å². The summed E-state index contributed by atoms with van der Waals surface area (Å²) in [5, 5.41) is 20.5. The van der Waals surface area contributed by atoms with Gasteiger partial charge in [-0.25, -0.2) is 9.79 Å². The second-order valence-electron chi connectivity index (χ2n) is 6.20. The van der Waals surface area contributed by atoms with E-state index in [1.165, 1.54) is 23.9 Å². The van der Waals surface area contributed by atoms with Crippen LogP contribution in [0.1, 0.15) is 25.5 Å². The molecule has 2 heterocycles. The number of esters is 1. The quantitative estimate of drug-likeness (QED) is 0.618. The van der Waals surface area contributed by atoms with E-state index in [-0.39, 0.29) is 18.1 Å². The van der Waals surface area contributed by atoms with Crippen LogP contribution >= 0.6 is 11.8 Å². The highest BCUT2D eigenvalue weighted by Gasteiger charge is 2.41. The van der Waals surface area contributed by atoms with Crippen LogP contribution in [0.3, 0.4) is 0 Å². The number of aliphatic imine (C=N–C) groups is 1. The monoisotopic (exact) mass is 382 g/mol. The average molecular weight is 382 g/mol. The molecule has 2 N–H and O–H groups in total. The maximum atomic E-state index is 12.7. The van der Waals surface area contributed by atoms with E-state index in [4.69, 9.17) is 4.74 Å². The van der Waals surface area contributed by atoms with Crippen LogP contribution in [0.4, 0.5) is 5.69 Å². The van der Waals surface area contributed by atoms with Gasteiger partial charge in [0.25, 0.3) is 0 Å². The number of carbonyl (C=O) groups excluding carboxylic acids is 1. The molecule has 0 spiro atoms. The molecular weight excluding hydrogens is 364 g/mol. The van der Waals surface area contributed by atoms with Crippen LogP contribution in [0.25, 0.3) is 0 Å². The lowest BCUT2D eigenvalue weighted by Gasteiger charge is -2.34. The first-order chi connectivity index (χ1) is 13.0. The van der Waals surface area contributed by atoms with Crippen LogP contribution < -0.4 is 4.90 Å². The number of phenolic OH excluding ortho intramolecular Hbond substituents is 2. The van der Waals surface area contributed by atoms with Crippen LogP contribution in [0, 0.1) is 0 Å². The Morgan fingerprint density at radius 3 is 2.74 bits per heavy atom. The van der Waals surface area contributed by atoms with E-state index < -0.39 is 12.0 Å². The lowest BCUT2D eigenvalue weighted by molar-refractivity contribution is -0.138. The van der Waals surface area contributed by atoms with E-state index in [0.29, 0.717) is 16.8 Å². The van der Waals surface area contributed by atoms with Crippen LogP contribution in [0.2, 0.25) is 0 Å². The minimum absolute atomic E-state index is 0.210. The number of ether oxygens (including phenoxy) is 1. The summed E-state index contributed by atoms with van der Waals surface area (Å²) in [6.45, 7) is 3.80. The number of para-hydroxylation sites is 1. The number of aromatic hydroxyl groups is 2. The summed E-state index contributed by atoms with van der Waals surface area (Å²) in [4.78, 5) is 20.4. The van der Waals surface area contributed by atoms with Gasteiger partial charge in [-0.05, 0) is 55.4 Å². The molecule has 0 amide bonds. The van der Waals surface area contributed by atoms with Gasteiger partial charge >= 0.3 is 5.97 Å². The molecule has 0 saturated carbocycles. The van der Waals surface area contributed by atoms with Gasteiger partial charge in [0.1, 0.15) is 0 Å². The summed E-state index contributed by atoms with van der Waals surface area (Å²) < 4.78 is 5.28. The fourth-order valence-electron chi connectivity index (χ4n) is 3.34. The van der Waals surface area contributed by atoms with Gasteiger partial charge in [-0.3, -0.25) is 0 Å². The van der Waals surface area contributed by atoms with Crippen molar-refractivity contribution in [3.63, 3.8) is 0 Å². The van der Waals surface area contributed by atoms with Crippen molar-refractivity contribution in [2.45, 2.75) is 24.8 Å². The number of allylic oxidation sites excluding steroid dienone is 1.